The Hall–Kier alpha value is -2.41. The van der Waals surface area contributed by atoms with Gasteiger partial charge in [-0.15, -0.1) is 0 Å². The van der Waals surface area contributed by atoms with E-state index in [1.165, 1.54) is 0 Å². The number of aliphatic carboxylic acids is 1. The number of hydrogen-bond donors (Lipinski definition) is 3. The summed E-state index contributed by atoms with van der Waals surface area (Å²) in [7, 11) is 0. The molecule has 1 aromatic carbocycles. The van der Waals surface area contributed by atoms with Gasteiger partial charge in [0, 0.05) is 30.3 Å². The molecule has 1 aliphatic heterocycles. The van der Waals surface area contributed by atoms with E-state index in [0.717, 1.165) is 6.42 Å². The number of ether oxygens (including phenoxy) is 1. The molecule has 0 saturated carbocycles. The third-order valence-corrected chi connectivity index (χ3v) is 3.78. The summed E-state index contributed by atoms with van der Waals surface area (Å²) in [5, 5.41) is 14.2. The van der Waals surface area contributed by atoms with Crippen molar-refractivity contribution in [1.82, 2.24) is 5.32 Å². The van der Waals surface area contributed by atoms with E-state index >= 15 is 0 Å². The molecule has 7 heteroatoms. The molecule has 2 atom stereocenters. The molecule has 1 aromatic rings. The van der Waals surface area contributed by atoms with E-state index in [9.17, 15) is 14.4 Å². The largest absolute Gasteiger partial charge is 0.481 e. The number of amides is 2. The van der Waals surface area contributed by atoms with Crippen LogP contribution in [0.1, 0.15) is 43.0 Å². The summed E-state index contributed by atoms with van der Waals surface area (Å²) < 4.78 is 5.32. The van der Waals surface area contributed by atoms with Gasteiger partial charge in [0.2, 0.25) is 0 Å². The van der Waals surface area contributed by atoms with Crippen LogP contribution in [0.15, 0.2) is 24.3 Å². The molecule has 0 aliphatic carbocycles. The van der Waals surface area contributed by atoms with Crippen molar-refractivity contribution in [1.29, 1.82) is 0 Å². The molecule has 1 aliphatic rings. The minimum absolute atomic E-state index is 0.00106. The highest BCUT2D eigenvalue weighted by molar-refractivity contribution is 5.98. The lowest BCUT2D eigenvalue weighted by atomic mass is 10.1. The van der Waals surface area contributed by atoms with Crippen LogP contribution in [0, 0.1) is 0 Å². The number of hydrogen-bond acceptors (Lipinski definition) is 4. The molecule has 24 heavy (non-hydrogen) atoms. The summed E-state index contributed by atoms with van der Waals surface area (Å²) in [6, 6.07) is 6.37. The summed E-state index contributed by atoms with van der Waals surface area (Å²) in [4.78, 5) is 34.8. The molecule has 0 bridgehead atoms. The van der Waals surface area contributed by atoms with Crippen LogP contribution in [0.2, 0.25) is 0 Å². The monoisotopic (exact) mass is 334 g/mol. The number of carboxylic acids is 1. The summed E-state index contributed by atoms with van der Waals surface area (Å²) in [6.45, 7) is 2.35. The van der Waals surface area contributed by atoms with Gasteiger partial charge < -0.3 is 20.5 Å². The molecule has 2 unspecified atom stereocenters. The minimum atomic E-state index is -0.894. The van der Waals surface area contributed by atoms with Crippen LogP contribution in [0.5, 0.6) is 0 Å². The lowest BCUT2D eigenvalue weighted by molar-refractivity contribution is -0.137. The number of carbonyl (C=O) groups excluding carboxylic acids is 2. The molecule has 1 saturated heterocycles. The van der Waals surface area contributed by atoms with Crippen LogP contribution >= 0.6 is 0 Å². The lowest BCUT2D eigenvalue weighted by Crippen LogP contribution is -2.33. The minimum Gasteiger partial charge on any atom is -0.481 e. The Morgan fingerprint density at radius 3 is 2.83 bits per heavy atom. The second kappa shape index (κ2) is 8.44. The number of benzene rings is 1. The molecular formula is C17H22N2O5. The van der Waals surface area contributed by atoms with Crippen LogP contribution in [0.3, 0.4) is 0 Å². The Labute approximate surface area is 140 Å². The predicted molar refractivity (Wildman–Crippen MR) is 87.8 cm³/mol. The fraction of sp³-hybridized carbons (Fsp3) is 0.471. The zero-order chi connectivity index (χ0) is 17.5. The SMILES string of the molecule is CC(CCC(=O)O)NC(=O)c1cccc(NC(=O)C2CCCO2)c1. The first-order valence-corrected chi connectivity index (χ1v) is 8.01. The summed E-state index contributed by atoms with van der Waals surface area (Å²) in [6.07, 6.45) is 1.50. The quantitative estimate of drug-likeness (QED) is 0.705. The summed E-state index contributed by atoms with van der Waals surface area (Å²) in [5.74, 6) is -1.41. The van der Waals surface area contributed by atoms with E-state index in [-0.39, 0.29) is 24.3 Å². The highest BCUT2D eigenvalue weighted by atomic mass is 16.5. The number of anilines is 1. The van der Waals surface area contributed by atoms with Gasteiger partial charge in [-0.2, -0.15) is 0 Å². The van der Waals surface area contributed by atoms with Crippen molar-refractivity contribution in [2.45, 2.75) is 44.8 Å². The molecular weight excluding hydrogens is 312 g/mol. The van der Waals surface area contributed by atoms with Crippen LogP contribution in [0.4, 0.5) is 5.69 Å². The van der Waals surface area contributed by atoms with E-state index < -0.39 is 12.1 Å². The third-order valence-electron chi connectivity index (χ3n) is 3.78. The maximum Gasteiger partial charge on any atom is 0.303 e. The maximum absolute atomic E-state index is 12.2. The van der Waals surface area contributed by atoms with E-state index in [4.69, 9.17) is 9.84 Å². The van der Waals surface area contributed by atoms with Crippen molar-refractivity contribution < 1.29 is 24.2 Å². The van der Waals surface area contributed by atoms with Crippen molar-refractivity contribution >= 4 is 23.5 Å². The number of nitrogens with one attached hydrogen (secondary N) is 2. The van der Waals surface area contributed by atoms with Gasteiger partial charge in [-0.25, -0.2) is 0 Å². The summed E-state index contributed by atoms with van der Waals surface area (Å²) >= 11 is 0. The van der Waals surface area contributed by atoms with Crippen LogP contribution in [-0.4, -0.2) is 41.6 Å². The zero-order valence-corrected chi connectivity index (χ0v) is 13.6. The van der Waals surface area contributed by atoms with Crippen LogP contribution in [0.25, 0.3) is 0 Å². The Morgan fingerprint density at radius 2 is 2.17 bits per heavy atom. The van der Waals surface area contributed by atoms with E-state index in [1.54, 1.807) is 31.2 Å². The van der Waals surface area contributed by atoms with Gasteiger partial charge in [-0.1, -0.05) is 6.07 Å². The average molecular weight is 334 g/mol. The topological polar surface area (TPSA) is 105 Å². The molecule has 130 valence electrons. The number of carbonyl (C=O) groups is 3. The Balaban J connectivity index is 1.92. The molecule has 0 aromatic heterocycles. The zero-order valence-electron chi connectivity index (χ0n) is 13.6. The second-order valence-electron chi connectivity index (χ2n) is 5.88. The first-order chi connectivity index (χ1) is 11.5. The molecule has 7 nitrogen and oxygen atoms in total. The Morgan fingerprint density at radius 1 is 1.38 bits per heavy atom. The van der Waals surface area contributed by atoms with E-state index in [0.29, 0.717) is 30.7 Å². The molecule has 1 fully saturated rings. The molecule has 3 N–H and O–H groups in total. The smallest absolute Gasteiger partial charge is 0.303 e. The molecule has 2 amide bonds. The Kier molecular flexibility index (Phi) is 6.31. The molecule has 2 rings (SSSR count). The van der Waals surface area contributed by atoms with Crippen molar-refractivity contribution in [2.24, 2.45) is 0 Å². The van der Waals surface area contributed by atoms with Crippen molar-refractivity contribution in [2.75, 3.05) is 11.9 Å². The first-order valence-electron chi connectivity index (χ1n) is 8.01. The normalized spacial score (nSPS) is 18.0. The van der Waals surface area contributed by atoms with E-state index in [1.807, 2.05) is 0 Å². The third kappa shape index (κ3) is 5.34. The van der Waals surface area contributed by atoms with Crippen LogP contribution < -0.4 is 10.6 Å². The van der Waals surface area contributed by atoms with Gasteiger partial charge in [-0.3, -0.25) is 14.4 Å². The fourth-order valence-electron chi connectivity index (χ4n) is 2.46. The highest BCUT2D eigenvalue weighted by Gasteiger charge is 2.23. The molecule has 0 spiro atoms. The number of rotatable bonds is 7. The van der Waals surface area contributed by atoms with Crippen molar-refractivity contribution in [3.05, 3.63) is 29.8 Å². The summed E-state index contributed by atoms with van der Waals surface area (Å²) in [5.41, 5.74) is 0.934. The average Bonchev–Trinajstić information content (AvgIpc) is 3.07. The standard InChI is InChI=1S/C17H22N2O5/c1-11(7-8-15(20)21)18-16(22)12-4-2-5-13(10-12)19-17(23)14-6-3-9-24-14/h2,4-5,10-11,14H,3,6-9H2,1H3,(H,18,22)(H,19,23)(H,20,21). The van der Waals surface area contributed by atoms with Crippen molar-refractivity contribution in [3.63, 3.8) is 0 Å². The maximum atomic E-state index is 12.2. The van der Waals surface area contributed by atoms with Gasteiger partial charge in [0.05, 0.1) is 0 Å². The molecule has 1 heterocycles. The molecule has 0 radical (unpaired) electrons. The predicted octanol–water partition coefficient (Wildman–Crippen LogP) is 1.79. The van der Waals surface area contributed by atoms with Crippen molar-refractivity contribution in [3.8, 4) is 0 Å². The highest BCUT2D eigenvalue weighted by Crippen LogP contribution is 2.16. The first kappa shape index (κ1) is 17.9. The van der Waals surface area contributed by atoms with Gasteiger partial charge in [0.15, 0.2) is 0 Å². The van der Waals surface area contributed by atoms with Gasteiger partial charge in [-0.05, 0) is 44.4 Å². The van der Waals surface area contributed by atoms with Crippen LogP contribution in [-0.2, 0) is 14.3 Å². The fourth-order valence-corrected chi connectivity index (χ4v) is 2.46. The lowest BCUT2D eigenvalue weighted by Gasteiger charge is -2.14. The second-order valence-corrected chi connectivity index (χ2v) is 5.88. The number of carboxylic acid groups (broad SMARTS) is 1. The van der Waals surface area contributed by atoms with Gasteiger partial charge in [0.25, 0.3) is 11.8 Å². The van der Waals surface area contributed by atoms with E-state index in [2.05, 4.69) is 10.6 Å². The Bertz CT molecular complexity index is 611. The van der Waals surface area contributed by atoms with Gasteiger partial charge in [0.1, 0.15) is 6.10 Å². The van der Waals surface area contributed by atoms with Gasteiger partial charge >= 0.3 is 5.97 Å².